The van der Waals surface area contributed by atoms with Gasteiger partial charge in [-0.25, -0.2) is 4.98 Å². The van der Waals surface area contributed by atoms with Gasteiger partial charge in [-0.15, -0.1) is 11.3 Å². The predicted molar refractivity (Wildman–Crippen MR) is 106 cm³/mol. The lowest BCUT2D eigenvalue weighted by molar-refractivity contribution is 0.221. The molecule has 4 nitrogen and oxygen atoms in total. The molecular formula is C19H13Cl2N3OS. The molecule has 4 rings (SSSR count). The highest BCUT2D eigenvalue weighted by atomic mass is 35.5. The Morgan fingerprint density at radius 2 is 1.88 bits per heavy atom. The van der Waals surface area contributed by atoms with Crippen LogP contribution >= 0.6 is 34.5 Å². The zero-order chi connectivity index (χ0) is 18.1. The molecule has 0 spiro atoms. The third-order valence-corrected chi connectivity index (χ3v) is 5.74. The number of pyridine rings is 1. The van der Waals surface area contributed by atoms with Gasteiger partial charge in [0.15, 0.2) is 0 Å². The number of H-pyrrole nitrogens is 1. The molecule has 26 heavy (non-hydrogen) atoms. The molecule has 0 aliphatic heterocycles. The van der Waals surface area contributed by atoms with Gasteiger partial charge in [0.25, 0.3) is 0 Å². The van der Waals surface area contributed by atoms with E-state index in [-0.39, 0.29) is 0 Å². The Balaban J connectivity index is 1.85. The van der Waals surface area contributed by atoms with Crippen molar-refractivity contribution in [2.75, 3.05) is 0 Å². The van der Waals surface area contributed by atoms with Crippen molar-refractivity contribution in [3.05, 3.63) is 82.4 Å². The average Bonchev–Trinajstić information content (AvgIpc) is 3.32. The molecule has 0 aliphatic rings. The summed E-state index contributed by atoms with van der Waals surface area (Å²) in [5.41, 5.74) is 2.39. The summed E-state index contributed by atoms with van der Waals surface area (Å²) < 4.78 is 0. The second kappa shape index (κ2) is 7.21. The van der Waals surface area contributed by atoms with Crippen LogP contribution in [-0.4, -0.2) is 20.1 Å². The van der Waals surface area contributed by atoms with Crippen molar-refractivity contribution >= 4 is 34.5 Å². The van der Waals surface area contributed by atoms with E-state index in [4.69, 9.17) is 23.2 Å². The number of aromatic nitrogens is 3. The standard InChI is InChI=1S/C19H13Cl2N3OS/c20-12-3-1-11(2-4-12)17(25)14-9-16(13-5-6-22-10-15(13)21)26-18(14)19-23-7-8-24-19/h1-10,17,25H,(H,23,24). The number of nitrogens with zero attached hydrogens (tertiary/aromatic N) is 2. The molecule has 4 aromatic rings. The van der Waals surface area contributed by atoms with Gasteiger partial charge < -0.3 is 10.1 Å². The number of halogens is 2. The lowest BCUT2D eigenvalue weighted by Crippen LogP contribution is -1.99. The monoisotopic (exact) mass is 401 g/mol. The molecule has 1 atom stereocenters. The van der Waals surface area contributed by atoms with Crippen molar-refractivity contribution in [2.45, 2.75) is 6.10 Å². The Bertz CT molecular complexity index is 1030. The first-order valence-corrected chi connectivity index (χ1v) is 9.37. The number of rotatable bonds is 4. The topological polar surface area (TPSA) is 61.8 Å². The van der Waals surface area contributed by atoms with E-state index in [1.54, 1.807) is 36.9 Å². The van der Waals surface area contributed by atoms with E-state index >= 15 is 0 Å². The highest BCUT2D eigenvalue weighted by Gasteiger charge is 2.22. The zero-order valence-corrected chi connectivity index (χ0v) is 15.7. The smallest absolute Gasteiger partial charge is 0.147 e. The zero-order valence-electron chi connectivity index (χ0n) is 13.4. The van der Waals surface area contributed by atoms with E-state index in [9.17, 15) is 5.11 Å². The molecule has 2 N–H and O–H groups in total. The van der Waals surface area contributed by atoms with Gasteiger partial charge in [-0.3, -0.25) is 4.98 Å². The van der Waals surface area contributed by atoms with Crippen LogP contribution in [0.3, 0.4) is 0 Å². The number of benzene rings is 1. The molecule has 130 valence electrons. The van der Waals surface area contributed by atoms with E-state index in [2.05, 4.69) is 15.0 Å². The fourth-order valence-corrected chi connectivity index (χ4v) is 4.31. The predicted octanol–water partition coefficient (Wildman–Crippen LogP) is 5.59. The average molecular weight is 402 g/mol. The van der Waals surface area contributed by atoms with Gasteiger partial charge in [-0.05, 0) is 29.8 Å². The summed E-state index contributed by atoms with van der Waals surface area (Å²) in [4.78, 5) is 13.3. The molecule has 3 heterocycles. The Morgan fingerprint density at radius 3 is 2.58 bits per heavy atom. The number of hydrogen-bond donors (Lipinski definition) is 2. The quantitative estimate of drug-likeness (QED) is 0.468. The number of hydrogen-bond acceptors (Lipinski definition) is 4. The van der Waals surface area contributed by atoms with Gasteiger partial charge in [0.05, 0.1) is 9.90 Å². The van der Waals surface area contributed by atoms with Gasteiger partial charge in [0.1, 0.15) is 11.9 Å². The molecule has 3 aromatic heterocycles. The second-order valence-electron chi connectivity index (χ2n) is 5.64. The van der Waals surface area contributed by atoms with Crippen molar-refractivity contribution < 1.29 is 5.11 Å². The highest BCUT2D eigenvalue weighted by Crippen LogP contribution is 2.43. The molecule has 0 aliphatic carbocycles. The summed E-state index contributed by atoms with van der Waals surface area (Å²) in [6.07, 6.45) is 5.94. The normalized spacial score (nSPS) is 12.3. The van der Waals surface area contributed by atoms with Gasteiger partial charge >= 0.3 is 0 Å². The Kier molecular flexibility index (Phi) is 4.78. The van der Waals surface area contributed by atoms with Crippen LogP contribution in [0.25, 0.3) is 21.1 Å². The van der Waals surface area contributed by atoms with Gasteiger partial charge in [-0.1, -0.05) is 35.3 Å². The van der Waals surface area contributed by atoms with Gasteiger partial charge in [-0.2, -0.15) is 0 Å². The Hall–Kier alpha value is -2.18. The molecule has 1 aromatic carbocycles. The molecule has 0 saturated carbocycles. The van der Waals surface area contributed by atoms with Crippen LogP contribution in [0.5, 0.6) is 0 Å². The van der Waals surface area contributed by atoms with Crippen molar-refractivity contribution in [1.82, 2.24) is 15.0 Å². The van der Waals surface area contributed by atoms with Crippen molar-refractivity contribution in [2.24, 2.45) is 0 Å². The number of imidazole rings is 1. The van der Waals surface area contributed by atoms with E-state index < -0.39 is 6.10 Å². The lowest BCUT2D eigenvalue weighted by atomic mass is 10.0. The van der Waals surface area contributed by atoms with E-state index in [0.717, 1.165) is 26.4 Å². The van der Waals surface area contributed by atoms with Crippen LogP contribution in [0, 0.1) is 0 Å². The Labute approximate surface area is 164 Å². The van der Waals surface area contributed by atoms with Gasteiger partial charge in [0.2, 0.25) is 0 Å². The third-order valence-electron chi connectivity index (χ3n) is 3.99. The van der Waals surface area contributed by atoms with Crippen molar-refractivity contribution in [3.63, 3.8) is 0 Å². The van der Waals surface area contributed by atoms with Gasteiger partial charge in [0, 0.05) is 45.8 Å². The van der Waals surface area contributed by atoms with Crippen molar-refractivity contribution in [3.8, 4) is 21.1 Å². The van der Waals surface area contributed by atoms with E-state index in [0.29, 0.717) is 15.9 Å². The largest absolute Gasteiger partial charge is 0.384 e. The minimum atomic E-state index is -0.807. The van der Waals surface area contributed by atoms with Crippen LogP contribution in [0.2, 0.25) is 10.0 Å². The maximum absolute atomic E-state index is 11.0. The van der Waals surface area contributed by atoms with Crippen LogP contribution in [0.4, 0.5) is 0 Å². The summed E-state index contributed by atoms with van der Waals surface area (Å²) in [6, 6.07) is 11.0. The third kappa shape index (κ3) is 3.27. The first kappa shape index (κ1) is 17.2. The summed E-state index contributed by atoms with van der Waals surface area (Å²) >= 11 is 13.8. The minimum absolute atomic E-state index is 0.562. The van der Waals surface area contributed by atoms with Crippen LogP contribution < -0.4 is 0 Å². The number of aromatic amines is 1. The fourth-order valence-electron chi connectivity index (χ4n) is 2.72. The highest BCUT2D eigenvalue weighted by molar-refractivity contribution is 7.19. The molecule has 1 unspecified atom stereocenters. The number of aliphatic hydroxyl groups excluding tert-OH is 1. The second-order valence-corrected chi connectivity index (χ2v) is 7.54. The Morgan fingerprint density at radius 1 is 1.08 bits per heavy atom. The fraction of sp³-hybridized carbons (Fsp3) is 0.0526. The van der Waals surface area contributed by atoms with Crippen LogP contribution in [0.15, 0.2) is 61.2 Å². The summed E-state index contributed by atoms with van der Waals surface area (Å²) in [5.74, 6) is 0.703. The number of thiophene rings is 1. The molecule has 0 amide bonds. The minimum Gasteiger partial charge on any atom is -0.384 e. The molecular weight excluding hydrogens is 389 g/mol. The SMILES string of the molecule is OC(c1ccc(Cl)cc1)c1cc(-c2ccncc2Cl)sc1-c1ncc[nH]1. The molecule has 0 bridgehead atoms. The first-order valence-electron chi connectivity index (χ1n) is 7.80. The summed E-state index contributed by atoms with van der Waals surface area (Å²) in [5, 5.41) is 12.2. The molecule has 0 fully saturated rings. The number of nitrogens with one attached hydrogen (secondary N) is 1. The maximum Gasteiger partial charge on any atom is 0.147 e. The molecule has 0 radical (unpaired) electrons. The lowest BCUT2D eigenvalue weighted by Gasteiger charge is -2.11. The maximum atomic E-state index is 11.0. The number of aliphatic hydroxyl groups is 1. The summed E-state index contributed by atoms with van der Waals surface area (Å²) in [6.45, 7) is 0. The summed E-state index contributed by atoms with van der Waals surface area (Å²) in [7, 11) is 0. The molecule has 7 heteroatoms. The van der Waals surface area contributed by atoms with Crippen LogP contribution in [0.1, 0.15) is 17.2 Å². The van der Waals surface area contributed by atoms with E-state index in [1.807, 2.05) is 24.3 Å². The first-order chi connectivity index (χ1) is 12.6. The van der Waals surface area contributed by atoms with Crippen LogP contribution in [-0.2, 0) is 0 Å². The van der Waals surface area contributed by atoms with Crippen molar-refractivity contribution in [1.29, 1.82) is 0 Å². The molecule has 0 saturated heterocycles. The van der Waals surface area contributed by atoms with E-state index in [1.165, 1.54) is 11.3 Å².